The maximum atomic E-state index is 12.5. The molecule has 27 heavy (non-hydrogen) atoms. The number of likely N-dealkylation sites (N-methyl/N-ethyl adjacent to an activating group) is 1. The number of carbonyl (C=O) groups is 1. The molecule has 1 aliphatic heterocycles. The number of carbonyl (C=O) groups excluding carboxylic acids is 1. The number of piperazine rings is 1. The number of aryl methyl sites for hydroxylation is 1. The number of rotatable bonds is 6. The summed E-state index contributed by atoms with van der Waals surface area (Å²) in [5, 5.41) is 10.1. The molecular weight excluding hydrogens is 360 g/mol. The molecule has 0 spiro atoms. The minimum Gasteiger partial charge on any atom is -0.353 e. The maximum absolute atomic E-state index is 12.5. The van der Waals surface area contributed by atoms with E-state index in [2.05, 4.69) is 39.3 Å². The normalized spacial score (nSPS) is 17.0. The van der Waals surface area contributed by atoms with Gasteiger partial charge in [-0.2, -0.15) is 5.10 Å². The topological polar surface area (TPSA) is 69.2 Å². The van der Waals surface area contributed by atoms with Gasteiger partial charge < -0.3 is 10.2 Å². The minimum absolute atomic E-state index is 0.0539. The van der Waals surface area contributed by atoms with Gasteiger partial charge in [0.1, 0.15) is 6.54 Å². The number of benzene rings is 1. The van der Waals surface area contributed by atoms with Crippen molar-refractivity contribution in [2.75, 3.05) is 39.8 Å². The van der Waals surface area contributed by atoms with Crippen molar-refractivity contribution in [3.8, 4) is 11.4 Å². The molecule has 2 heterocycles. The molecule has 1 aliphatic rings. The molecule has 3 rings (SSSR count). The molecule has 0 radical (unpaired) electrons. The van der Waals surface area contributed by atoms with Gasteiger partial charge in [-0.05, 0) is 33.1 Å². The number of aromatic amines is 1. The van der Waals surface area contributed by atoms with Crippen LogP contribution in [0.5, 0.6) is 0 Å². The summed E-state index contributed by atoms with van der Waals surface area (Å²) in [5.41, 5.74) is 2.11. The lowest BCUT2D eigenvalue weighted by Gasteiger charge is -2.36. The number of amides is 1. The maximum Gasteiger partial charge on any atom is 0.240 e. The monoisotopic (exact) mass is 388 g/mol. The zero-order valence-electron chi connectivity index (χ0n) is 16.2. The molecule has 1 saturated heterocycles. The predicted molar refractivity (Wildman–Crippen MR) is 109 cm³/mol. The van der Waals surface area contributed by atoms with Crippen molar-refractivity contribution in [1.29, 1.82) is 0 Å². The van der Waals surface area contributed by atoms with Crippen LogP contribution in [-0.2, 0) is 11.3 Å². The van der Waals surface area contributed by atoms with Gasteiger partial charge in [-0.15, -0.1) is 0 Å². The minimum atomic E-state index is -0.0539. The summed E-state index contributed by atoms with van der Waals surface area (Å²) in [5.74, 6) is 0.629. The number of hydrogen-bond acceptors (Lipinski definition) is 5. The van der Waals surface area contributed by atoms with Crippen LogP contribution in [0.2, 0.25) is 0 Å². The highest BCUT2D eigenvalue weighted by molar-refractivity contribution is 7.71. The van der Waals surface area contributed by atoms with E-state index < -0.39 is 0 Å². The van der Waals surface area contributed by atoms with Crippen molar-refractivity contribution in [1.82, 2.24) is 29.9 Å². The first-order valence-corrected chi connectivity index (χ1v) is 9.76. The van der Waals surface area contributed by atoms with Gasteiger partial charge in [-0.3, -0.25) is 19.4 Å². The molecule has 1 atom stereocenters. The van der Waals surface area contributed by atoms with Gasteiger partial charge in [-0.25, -0.2) is 0 Å². The van der Waals surface area contributed by atoms with Crippen molar-refractivity contribution in [2.45, 2.75) is 26.4 Å². The van der Waals surface area contributed by atoms with Crippen LogP contribution in [-0.4, -0.2) is 76.3 Å². The van der Waals surface area contributed by atoms with Gasteiger partial charge >= 0.3 is 0 Å². The van der Waals surface area contributed by atoms with Crippen molar-refractivity contribution >= 4 is 18.1 Å². The molecule has 2 N–H and O–H groups in total. The number of nitrogens with one attached hydrogen (secondary N) is 2. The highest BCUT2D eigenvalue weighted by atomic mass is 32.1. The van der Waals surface area contributed by atoms with Crippen LogP contribution in [0.15, 0.2) is 24.3 Å². The highest BCUT2D eigenvalue weighted by Gasteiger charge is 2.20. The molecule has 7 nitrogen and oxygen atoms in total. The van der Waals surface area contributed by atoms with Crippen molar-refractivity contribution in [3.05, 3.63) is 34.6 Å². The fourth-order valence-corrected chi connectivity index (χ4v) is 3.44. The third-order valence-corrected chi connectivity index (χ3v) is 5.44. The molecule has 1 fully saturated rings. The summed E-state index contributed by atoms with van der Waals surface area (Å²) < 4.78 is 2.20. The first-order valence-electron chi connectivity index (χ1n) is 9.35. The summed E-state index contributed by atoms with van der Waals surface area (Å²) in [6.07, 6.45) is 0. The summed E-state index contributed by atoms with van der Waals surface area (Å²) in [6, 6.07) is 8.34. The van der Waals surface area contributed by atoms with E-state index in [9.17, 15) is 4.79 Å². The number of aromatic nitrogens is 3. The van der Waals surface area contributed by atoms with E-state index in [0.29, 0.717) is 23.2 Å². The molecule has 1 unspecified atom stereocenters. The molecule has 0 bridgehead atoms. The highest BCUT2D eigenvalue weighted by Crippen LogP contribution is 2.17. The summed E-state index contributed by atoms with van der Waals surface area (Å²) in [4.78, 5) is 17.2. The standard InChI is InChI=1S/C19H28N6OS/c1-14-4-6-16(7-5-14)18-21-22-19(27)25(18)13-17(26)20-12-15(2)24-10-8-23(3)9-11-24/h4-7,15H,8-13H2,1-3H3,(H,20,26)(H,22,27). The van der Waals surface area contributed by atoms with Crippen molar-refractivity contribution < 1.29 is 4.79 Å². The smallest absolute Gasteiger partial charge is 0.240 e. The Balaban J connectivity index is 1.59. The van der Waals surface area contributed by atoms with Crippen LogP contribution >= 0.6 is 12.2 Å². The lowest BCUT2D eigenvalue weighted by molar-refractivity contribution is -0.121. The first kappa shape index (κ1) is 19.7. The third kappa shape index (κ3) is 5.03. The second-order valence-electron chi connectivity index (χ2n) is 7.30. The van der Waals surface area contributed by atoms with E-state index in [1.165, 1.54) is 5.56 Å². The Morgan fingerprint density at radius 3 is 2.59 bits per heavy atom. The molecule has 2 aromatic rings. The van der Waals surface area contributed by atoms with Gasteiger partial charge in [0.05, 0.1) is 0 Å². The lowest BCUT2D eigenvalue weighted by Crippen LogP contribution is -2.51. The van der Waals surface area contributed by atoms with Crippen LogP contribution < -0.4 is 5.32 Å². The summed E-state index contributed by atoms with van der Waals surface area (Å²) in [7, 11) is 2.14. The van der Waals surface area contributed by atoms with Crippen molar-refractivity contribution in [3.63, 3.8) is 0 Å². The van der Waals surface area contributed by atoms with E-state index in [1.54, 1.807) is 4.57 Å². The van der Waals surface area contributed by atoms with Crippen LogP contribution in [0.25, 0.3) is 11.4 Å². The van der Waals surface area contributed by atoms with Crippen LogP contribution in [0.3, 0.4) is 0 Å². The molecule has 1 aromatic heterocycles. The average Bonchev–Trinajstić information content (AvgIpc) is 3.01. The predicted octanol–water partition coefficient (Wildman–Crippen LogP) is 1.67. The third-order valence-electron chi connectivity index (χ3n) is 5.13. The van der Waals surface area contributed by atoms with E-state index in [0.717, 1.165) is 31.7 Å². The van der Waals surface area contributed by atoms with Crippen molar-refractivity contribution in [2.24, 2.45) is 0 Å². The van der Waals surface area contributed by atoms with Gasteiger partial charge in [0.2, 0.25) is 5.91 Å². The lowest BCUT2D eigenvalue weighted by atomic mass is 10.1. The van der Waals surface area contributed by atoms with Crippen LogP contribution in [0.4, 0.5) is 0 Å². The molecule has 1 aromatic carbocycles. The van der Waals surface area contributed by atoms with Gasteiger partial charge in [-0.1, -0.05) is 29.8 Å². The van der Waals surface area contributed by atoms with E-state index in [1.807, 2.05) is 31.2 Å². The molecule has 8 heteroatoms. The largest absolute Gasteiger partial charge is 0.353 e. The van der Waals surface area contributed by atoms with Gasteiger partial charge in [0.15, 0.2) is 10.6 Å². The Bertz CT molecular complexity index is 819. The number of nitrogens with zero attached hydrogens (tertiary/aromatic N) is 4. The summed E-state index contributed by atoms with van der Waals surface area (Å²) in [6.45, 7) is 9.21. The van der Waals surface area contributed by atoms with E-state index in [-0.39, 0.29) is 12.5 Å². The fraction of sp³-hybridized carbons (Fsp3) is 0.526. The zero-order chi connectivity index (χ0) is 19.4. The van der Waals surface area contributed by atoms with Crippen LogP contribution in [0.1, 0.15) is 12.5 Å². The Morgan fingerprint density at radius 1 is 1.26 bits per heavy atom. The Labute approximate surface area is 165 Å². The molecule has 1 amide bonds. The average molecular weight is 389 g/mol. The Morgan fingerprint density at radius 2 is 1.93 bits per heavy atom. The number of hydrogen-bond donors (Lipinski definition) is 2. The first-order chi connectivity index (χ1) is 12.9. The van der Waals surface area contributed by atoms with E-state index in [4.69, 9.17) is 12.2 Å². The molecule has 0 saturated carbocycles. The van der Waals surface area contributed by atoms with Crippen LogP contribution in [0, 0.1) is 11.7 Å². The molecule has 0 aliphatic carbocycles. The number of H-pyrrole nitrogens is 1. The fourth-order valence-electron chi connectivity index (χ4n) is 3.24. The quantitative estimate of drug-likeness (QED) is 0.737. The zero-order valence-corrected chi connectivity index (χ0v) is 17.1. The second kappa shape index (κ2) is 8.77. The second-order valence-corrected chi connectivity index (χ2v) is 7.68. The molecular formula is C19H28N6OS. The SMILES string of the molecule is Cc1ccc(-c2n[nH]c(=S)n2CC(=O)NCC(C)N2CCN(C)CC2)cc1. The van der Waals surface area contributed by atoms with Gasteiger partial charge in [0, 0.05) is 44.3 Å². The Kier molecular flexibility index (Phi) is 6.41. The van der Waals surface area contributed by atoms with Gasteiger partial charge in [0.25, 0.3) is 0 Å². The van der Waals surface area contributed by atoms with E-state index >= 15 is 0 Å². The Hall–Kier alpha value is -2.03. The molecule has 146 valence electrons. The summed E-state index contributed by atoms with van der Waals surface area (Å²) >= 11 is 5.32.